The molecule has 4 heteroatoms. The summed E-state index contributed by atoms with van der Waals surface area (Å²) in [4.78, 5) is 10.8. The van der Waals surface area contributed by atoms with E-state index in [9.17, 15) is 0 Å². The van der Waals surface area contributed by atoms with Gasteiger partial charge in [0.1, 0.15) is 5.82 Å². The van der Waals surface area contributed by atoms with Gasteiger partial charge in [-0.25, -0.2) is 9.97 Å². The lowest BCUT2D eigenvalue weighted by atomic mass is 9.80. The Morgan fingerprint density at radius 3 is 2.06 bits per heavy atom. The molecule has 0 atom stereocenters. The molecule has 53 heavy (non-hydrogen) atoms. The van der Waals surface area contributed by atoms with E-state index < -0.39 is 0 Å². The highest BCUT2D eigenvalue weighted by Crippen LogP contribution is 2.53. The maximum atomic E-state index is 5.42. The summed E-state index contributed by atoms with van der Waals surface area (Å²) >= 11 is 1.83. The third-order valence-corrected chi connectivity index (χ3v) is 12.4. The van der Waals surface area contributed by atoms with Crippen LogP contribution in [0.1, 0.15) is 25.0 Å². The van der Waals surface area contributed by atoms with Gasteiger partial charge in [-0.05, 0) is 51.6 Å². The predicted octanol–water partition coefficient (Wildman–Crippen LogP) is 13.2. The molecule has 3 aromatic heterocycles. The first kappa shape index (κ1) is 30.3. The van der Waals surface area contributed by atoms with E-state index in [-0.39, 0.29) is 5.41 Å². The van der Waals surface area contributed by atoms with Crippen molar-refractivity contribution in [3.63, 3.8) is 0 Å². The van der Waals surface area contributed by atoms with Crippen molar-refractivity contribution in [2.45, 2.75) is 19.3 Å². The Bertz CT molecular complexity index is 3080. The van der Waals surface area contributed by atoms with Crippen LogP contribution < -0.4 is 0 Å². The van der Waals surface area contributed by atoms with Gasteiger partial charge in [0.05, 0.1) is 16.7 Å². The summed E-state index contributed by atoms with van der Waals surface area (Å²) in [7, 11) is 0. The Morgan fingerprint density at radius 2 is 1.19 bits per heavy atom. The Morgan fingerprint density at radius 1 is 0.509 bits per heavy atom. The summed E-state index contributed by atoms with van der Waals surface area (Å²) in [6, 6.07) is 59.0. The van der Waals surface area contributed by atoms with E-state index in [1.54, 1.807) is 0 Å². The summed E-state index contributed by atoms with van der Waals surface area (Å²) < 4.78 is 4.88. The van der Waals surface area contributed by atoms with Crippen molar-refractivity contribution in [3.05, 3.63) is 175 Å². The molecule has 0 bridgehead atoms. The third kappa shape index (κ3) is 4.46. The summed E-state index contributed by atoms with van der Waals surface area (Å²) in [5.74, 6) is 1.56. The van der Waals surface area contributed by atoms with Crippen molar-refractivity contribution >= 4 is 53.3 Å². The lowest BCUT2D eigenvalue weighted by Gasteiger charge is -2.22. The molecule has 10 aromatic rings. The number of fused-ring (bicyclic) bond motifs is 10. The van der Waals surface area contributed by atoms with Crippen LogP contribution in [0.4, 0.5) is 0 Å². The fourth-order valence-corrected chi connectivity index (χ4v) is 10.0. The summed E-state index contributed by atoms with van der Waals surface area (Å²) in [5.41, 5.74) is 12.9. The van der Waals surface area contributed by atoms with E-state index in [4.69, 9.17) is 9.97 Å². The second-order valence-electron chi connectivity index (χ2n) is 14.6. The molecule has 0 radical (unpaired) electrons. The Labute approximate surface area is 311 Å². The fraction of sp³-hybridized carbons (Fsp3) is 0.0612. The van der Waals surface area contributed by atoms with Gasteiger partial charge < -0.3 is 0 Å². The quantitative estimate of drug-likeness (QED) is 0.183. The van der Waals surface area contributed by atoms with Crippen LogP contribution in [0.15, 0.2) is 164 Å². The van der Waals surface area contributed by atoms with E-state index in [1.807, 2.05) is 11.3 Å². The number of nitrogens with zero attached hydrogens (tertiary/aromatic N) is 3. The molecule has 1 aliphatic rings. The number of aromatic nitrogens is 3. The molecule has 1 aliphatic carbocycles. The summed E-state index contributed by atoms with van der Waals surface area (Å²) in [5, 5.41) is 5.06. The molecule has 11 rings (SSSR count). The van der Waals surface area contributed by atoms with Crippen LogP contribution in [0.2, 0.25) is 0 Å². The van der Waals surface area contributed by atoms with Crippen molar-refractivity contribution < 1.29 is 0 Å². The van der Waals surface area contributed by atoms with Crippen LogP contribution in [0, 0.1) is 0 Å². The molecular weight excluding hydrogens is 663 g/mol. The maximum absolute atomic E-state index is 5.42. The van der Waals surface area contributed by atoms with Crippen LogP contribution in [0.5, 0.6) is 0 Å². The first-order valence-electron chi connectivity index (χ1n) is 18.2. The first-order valence-corrected chi connectivity index (χ1v) is 19.0. The molecule has 0 saturated carbocycles. The molecule has 0 amide bonds. The van der Waals surface area contributed by atoms with Crippen molar-refractivity contribution in [1.29, 1.82) is 0 Å². The topological polar surface area (TPSA) is 30.7 Å². The second-order valence-corrected chi connectivity index (χ2v) is 15.6. The van der Waals surface area contributed by atoms with Crippen molar-refractivity contribution in [3.8, 4) is 50.7 Å². The highest BCUT2D eigenvalue weighted by Gasteiger charge is 2.38. The SMILES string of the molecule is CC1(C)c2ccccc2-c2ccc3c(c21)c1ccccc1n3-c1cc(-c2cccc3c2sc2ccccc23)nc(-c2ccc(-c3ccccc3)cc2)n1. The Hall–Kier alpha value is -6.36. The zero-order valence-electron chi connectivity index (χ0n) is 29.3. The Kier molecular flexibility index (Phi) is 6.47. The van der Waals surface area contributed by atoms with E-state index in [0.29, 0.717) is 5.82 Å². The van der Waals surface area contributed by atoms with Crippen LogP contribution in [-0.2, 0) is 5.41 Å². The van der Waals surface area contributed by atoms with Crippen LogP contribution in [0.25, 0.3) is 92.7 Å². The zero-order chi connectivity index (χ0) is 35.3. The lowest BCUT2D eigenvalue weighted by Crippen LogP contribution is -2.15. The standard InChI is InChI=1S/C49H33N3S/c1-49(2)39-20-9-6-15-33(39)35-27-28-42-45(46(35)49)38-17-7-10-21-41(38)52(42)44-29-40(37-19-12-18-36-34-16-8-11-22-43(34)53-47(36)37)50-48(51-44)32-25-23-31(24-26-32)30-13-4-3-5-14-30/h3-29H,1-2H3. The molecule has 0 saturated heterocycles. The van der Waals surface area contributed by atoms with Crippen molar-refractivity contribution in [1.82, 2.24) is 14.5 Å². The monoisotopic (exact) mass is 695 g/mol. The summed E-state index contributed by atoms with van der Waals surface area (Å²) in [6.45, 7) is 4.74. The highest BCUT2D eigenvalue weighted by molar-refractivity contribution is 7.26. The highest BCUT2D eigenvalue weighted by atomic mass is 32.1. The Balaban J connectivity index is 1.19. The minimum Gasteiger partial charge on any atom is -0.294 e. The average Bonchev–Trinajstić information content (AvgIpc) is 3.84. The van der Waals surface area contributed by atoms with Gasteiger partial charge in [0, 0.05) is 53.6 Å². The van der Waals surface area contributed by atoms with Crippen LogP contribution >= 0.6 is 11.3 Å². The number of benzene rings is 7. The molecule has 0 unspecified atom stereocenters. The molecule has 250 valence electrons. The average molecular weight is 696 g/mol. The molecule has 0 aliphatic heterocycles. The maximum Gasteiger partial charge on any atom is 0.162 e. The number of hydrogen-bond acceptors (Lipinski definition) is 3. The molecule has 7 aromatic carbocycles. The van der Waals surface area contributed by atoms with Crippen molar-refractivity contribution in [2.24, 2.45) is 0 Å². The number of hydrogen-bond donors (Lipinski definition) is 0. The number of rotatable bonds is 4. The van der Waals surface area contributed by atoms with Gasteiger partial charge in [-0.15, -0.1) is 11.3 Å². The second kappa shape index (κ2) is 11.3. The van der Waals surface area contributed by atoms with E-state index in [0.717, 1.165) is 33.7 Å². The van der Waals surface area contributed by atoms with E-state index in [2.05, 4.69) is 182 Å². The van der Waals surface area contributed by atoms with Gasteiger partial charge in [0.25, 0.3) is 0 Å². The van der Waals surface area contributed by atoms with Gasteiger partial charge in [-0.3, -0.25) is 4.57 Å². The van der Waals surface area contributed by atoms with Crippen LogP contribution in [0.3, 0.4) is 0 Å². The minimum atomic E-state index is -0.153. The molecule has 0 N–H and O–H groups in total. The van der Waals surface area contributed by atoms with E-state index >= 15 is 0 Å². The van der Waals surface area contributed by atoms with E-state index in [1.165, 1.54) is 64.3 Å². The normalized spacial score (nSPS) is 13.2. The molecule has 0 fully saturated rings. The largest absolute Gasteiger partial charge is 0.294 e. The van der Waals surface area contributed by atoms with Gasteiger partial charge in [0.2, 0.25) is 0 Å². The minimum absolute atomic E-state index is 0.153. The van der Waals surface area contributed by atoms with Gasteiger partial charge >= 0.3 is 0 Å². The fourth-order valence-electron chi connectivity index (χ4n) is 8.79. The predicted molar refractivity (Wildman–Crippen MR) is 223 cm³/mol. The third-order valence-electron chi connectivity index (χ3n) is 11.2. The van der Waals surface area contributed by atoms with Crippen LogP contribution in [-0.4, -0.2) is 14.5 Å². The smallest absolute Gasteiger partial charge is 0.162 e. The lowest BCUT2D eigenvalue weighted by molar-refractivity contribution is 0.666. The molecule has 3 heterocycles. The number of thiophene rings is 1. The summed E-state index contributed by atoms with van der Waals surface area (Å²) in [6.07, 6.45) is 0. The van der Waals surface area contributed by atoms with Gasteiger partial charge in [-0.2, -0.15) is 0 Å². The number of para-hydroxylation sites is 1. The van der Waals surface area contributed by atoms with Gasteiger partial charge in [0.15, 0.2) is 5.82 Å². The molecular formula is C49H33N3S. The van der Waals surface area contributed by atoms with Gasteiger partial charge in [-0.1, -0.05) is 153 Å². The first-order chi connectivity index (χ1) is 26.0. The van der Waals surface area contributed by atoms with Crippen molar-refractivity contribution in [2.75, 3.05) is 0 Å². The molecule has 0 spiro atoms. The molecule has 3 nitrogen and oxygen atoms in total. The zero-order valence-corrected chi connectivity index (χ0v) is 30.2.